The Morgan fingerprint density at radius 1 is 0.281 bits per heavy atom. The maximum atomic E-state index is 5.19. The van der Waals surface area contributed by atoms with Gasteiger partial charge in [0.15, 0.2) is 0 Å². The van der Waals surface area contributed by atoms with Crippen molar-refractivity contribution in [2.75, 3.05) is 0 Å². The zero-order chi connectivity index (χ0) is 41.9. The van der Waals surface area contributed by atoms with E-state index in [1.165, 1.54) is 26.9 Å². The number of nitrogens with zero attached hydrogens (tertiary/aromatic N) is 7. The summed E-state index contributed by atoms with van der Waals surface area (Å²) in [5.41, 5.74) is 14.3. The Balaban J connectivity index is 0.986. The van der Waals surface area contributed by atoms with Gasteiger partial charge in [0, 0.05) is 66.9 Å². The summed E-state index contributed by atoms with van der Waals surface area (Å²) in [6.45, 7) is 0. The van der Waals surface area contributed by atoms with E-state index in [2.05, 4.69) is 211 Å². The van der Waals surface area contributed by atoms with Crippen LogP contribution in [0.2, 0.25) is 0 Å². The zero-order valence-corrected chi connectivity index (χ0v) is 34.3. The van der Waals surface area contributed by atoms with Gasteiger partial charge in [-0.1, -0.05) is 121 Å². The SMILES string of the molecule is c1ccc(-n2c3ccncc3c3cc(-c4cccc(-n5c6ccccc6c6ccc7c8ccccc8n(-c8ncc(-n9c%10ccccc%10c%10ccccc%109)cn8)c7c65)c4)ccc32)cc1. The first-order valence-electron chi connectivity index (χ1n) is 21.6. The Labute approximate surface area is 366 Å². The second-order valence-corrected chi connectivity index (χ2v) is 16.5. The Bertz CT molecular complexity index is 4130. The van der Waals surface area contributed by atoms with Crippen LogP contribution in [-0.4, -0.2) is 33.2 Å². The van der Waals surface area contributed by atoms with Crippen molar-refractivity contribution in [2.24, 2.45) is 0 Å². The van der Waals surface area contributed by atoms with Gasteiger partial charge < -0.3 is 13.7 Å². The minimum Gasteiger partial charge on any atom is -0.309 e. The number of hydrogen-bond donors (Lipinski definition) is 0. The molecule has 0 fully saturated rings. The lowest BCUT2D eigenvalue weighted by Crippen LogP contribution is -2.04. The van der Waals surface area contributed by atoms with Gasteiger partial charge in [-0.05, 0) is 77.9 Å². The topological polar surface area (TPSA) is 58.4 Å². The van der Waals surface area contributed by atoms with E-state index in [4.69, 9.17) is 9.97 Å². The summed E-state index contributed by atoms with van der Waals surface area (Å²) >= 11 is 0. The van der Waals surface area contributed by atoms with Gasteiger partial charge in [0.05, 0.1) is 62.2 Å². The van der Waals surface area contributed by atoms with Gasteiger partial charge in [-0.3, -0.25) is 9.55 Å². The van der Waals surface area contributed by atoms with Gasteiger partial charge in [-0.25, -0.2) is 9.97 Å². The third-order valence-corrected chi connectivity index (χ3v) is 13.2. The van der Waals surface area contributed by atoms with E-state index in [1.807, 2.05) is 24.8 Å². The van der Waals surface area contributed by atoms with Crippen molar-refractivity contribution in [2.45, 2.75) is 0 Å². The Morgan fingerprint density at radius 2 is 0.781 bits per heavy atom. The average molecular weight is 818 g/mol. The fourth-order valence-corrected chi connectivity index (χ4v) is 10.4. The average Bonchev–Trinajstić information content (AvgIpc) is 4.09. The highest BCUT2D eigenvalue weighted by Crippen LogP contribution is 2.42. The largest absolute Gasteiger partial charge is 0.309 e. The molecule has 0 aliphatic heterocycles. The summed E-state index contributed by atoms with van der Waals surface area (Å²) in [6.07, 6.45) is 7.79. The lowest BCUT2D eigenvalue weighted by atomic mass is 10.0. The Hall–Kier alpha value is -8.81. The van der Waals surface area contributed by atoms with E-state index < -0.39 is 0 Å². The maximum absolute atomic E-state index is 5.19. The molecule has 7 nitrogen and oxygen atoms in total. The fourth-order valence-electron chi connectivity index (χ4n) is 10.4. The van der Waals surface area contributed by atoms with Crippen molar-refractivity contribution in [3.63, 3.8) is 0 Å². The molecule has 0 atom stereocenters. The number of aromatic nitrogens is 7. The third-order valence-electron chi connectivity index (χ3n) is 13.2. The first kappa shape index (κ1) is 34.9. The Kier molecular flexibility index (Phi) is 7.27. The molecular formula is C57H35N7. The van der Waals surface area contributed by atoms with E-state index in [0.29, 0.717) is 5.95 Å². The highest BCUT2D eigenvalue weighted by molar-refractivity contribution is 6.24. The minimum atomic E-state index is 0.617. The number of rotatable bonds is 5. The smallest absolute Gasteiger partial charge is 0.234 e. The van der Waals surface area contributed by atoms with Crippen molar-refractivity contribution in [3.05, 3.63) is 213 Å². The van der Waals surface area contributed by atoms with E-state index >= 15 is 0 Å². The first-order valence-corrected chi connectivity index (χ1v) is 21.6. The van der Waals surface area contributed by atoms with Crippen molar-refractivity contribution < 1.29 is 0 Å². The van der Waals surface area contributed by atoms with Crippen LogP contribution >= 0.6 is 0 Å². The van der Waals surface area contributed by atoms with Crippen molar-refractivity contribution in [1.82, 2.24) is 33.2 Å². The fraction of sp³-hybridized carbons (Fsp3) is 0. The molecule has 0 amide bonds. The molecule has 8 aromatic carbocycles. The molecule has 6 aromatic heterocycles. The van der Waals surface area contributed by atoms with Crippen LogP contribution in [-0.2, 0) is 0 Å². The van der Waals surface area contributed by atoms with Crippen LogP contribution in [0.15, 0.2) is 213 Å². The van der Waals surface area contributed by atoms with E-state index in [9.17, 15) is 0 Å². The van der Waals surface area contributed by atoms with Crippen LogP contribution in [0.25, 0.3) is 121 Å². The second-order valence-electron chi connectivity index (χ2n) is 16.5. The van der Waals surface area contributed by atoms with Crippen molar-refractivity contribution >= 4 is 87.2 Å². The van der Waals surface area contributed by atoms with Crippen molar-refractivity contribution in [1.29, 1.82) is 0 Å². The Morgan fingerprint density at radius 3 is 1.45 bits per heavy atom. The van der Waals surface area contributed by atoms with Gasteiger partial charge in [0.25, 0.3) is 0 Å². The molecule has 0 saturated heterocycles. The minimum absolute atomic E-state index is 0.617. The summed E-state index contributed by atoms with van der Waals surface area (Å²) in [5, 5.41) is 9.36. The molecule has 0 spiro atoms. The molecule has 14 aromatic rings. The van der Waals surface area contributed by atoms with Crippen LogP contribution in [0.5, 0.6) is 0 Å². The molecule has 0 radical (unpaired) electrons. The zero-order valence-electron chi connectivity index (χ0n) is 34.3. The van der Waals surface area contributed by atoms with Crippen LogP contribution in [0, 0.1) is 0 Å². The van der Waals surface area contributed by atoms with Gasteiger partial charge in [-0.15, -0.1) is 0 Å². The molecule has 0 aliphatic carbocycles. The van der Waals surface area contributed by atoms with E-state index in [1.54, 1.807) is 0 Å². The van der Waals surface area contributed by atoms with Gasteiger partial charge >= 0.3 is 0 Å². The third kappa shape index (κ3) is 4.89. The number of pyridine rings is 1. The predicted molar refractivity (Wildman–Crippen MR) is 263 cm³/mol. The molecule has 0 bridgehead atoms. The molecular weight excluding hydrogens is 783 g/mol. The van der Waals surface area contributed by atoms with Gasteiger partial charge in [0.2, 0.25) is 5.95 Å². The molecule has 0 saturated carbocycles. The van der Waals surface area contributed by atoms with E-state index in [0.717, 1.165) is 88.5 Å². The molecule has 64 heavy (non-hydrogen) atoms. The van der Waals surface area contributed by atoms with Gasteiger partial charge in [0.1, 0.15) is 0 Å². The molecule has 0 N–H and O–H groups in total. The molecule has 6 heterocycles. The van der Waals surface area contributed by atoms with E-state index in [-0.39, 0.29) is 0 Å². The number of para-hydroxylation sites is 5. The summed E-state index contributed by atoms with van der Waals surface area (Å²) in [5.74, 6) is 0.617. The standard InChI is InChI=1S/C57H35N7/c1-2-14-38(15-3-1)61-53-28-25-37(32-47(53)48-35-58-30-29-54(48)61)36-13-12-16-39(31-36)63-51-23-10-6-19-43(51)45-26-27-46-44-20-7-11-24-52(44)64(56(46)55(45)63)57-59-33-40(34-60-57)62-49-21-8-4-17-41(49)42-18-5-9-22-50(42)62/h1-35H. The molecule has 298 valence electrons. The molecule has 7 heteroatoms. The van der Waals surface area contributed by atoms with Crippen LogP contribution in [0.4, 0.5) is 0 Å². The second kappa shape index (κ2) is 13.3. The van der Waals surface area contributed by atoms with Crippen LogP contribution in [0.3, 0.4) is 0 Å². The van der Waals surface area contributed by atoms with Gasteiger partial charge in [-0.2, -0.15) is 0 Å². The summed E-state index contributed by atoms with van der Waals surface area (Å²) in [6, 6.07) is 67.4. The number of benzene rings is 8. The lowest BCUT2D eigenvalue weighted by Gasteiger charge is -2.13. The summed E-state index contributed by atoms with van der Waals surface area (Å²) in [4.78, 5) is 14.9. The normalized spacial score (nSPS) is 12.1. The number of fused-ring (bicyclic) bond motifs is 13. The maximum Gasteiger partial charge on any atom is 0.234 e. The molecule has 0 unspecified atom stereocenters. The lowest BCUT2D eigenvalue weighted by molar-refractivity contribution is 0.967. The molecule has 14 rings (SSSR count). The molecule has 0 aliphatic rings. The van der Waals surface area contributed by atoms with Crippen LogP contribution < -0.4 is 0 Å². The summed E-state index contributed by atoms with van der Waals surface area (Å²) in [7, 11) is 0. The monoisotopic (exact) mass is 817 g/mol. The van der Waals surface area contributed by atoms with Crippen molar-refractivity contribution in [3.8, 4) is 34.1 Å². The predicted octanol–water partition coefficient (Wildman–Crippen LogP) is 13.9. The highest BCUT2D eigenvalue weighted by atomic mass is 15.2. The first-order chi connectivity index (χ1) is 31.8. The quantitative estimate of drug-likeness (QED) is 0.174. The van der Waals surface area contributed by atoms with Crippen LogP contribution in [0.1, 0.15) is 0 Å². The highest BCUT2D eigenvalue weighted by Gasteiger charge is 2.23. The summed E-state index contributed by atoms with van der Waals surface area (Å²) < 4.78 is 9.28. The number of hydrogen-bond acceptors (Lipinski definition) is 3.